The van der Waals surface area contributed by atoms with Gasteiger partial charge < -0.3 is 20.2 Å². The summed E-state index contributed by atoms with van der Waals surface area (Å²) in [7, 11) is 0. The van der Waals surface area contributed by atoms with Crippen LogP contribution < -0.4 is 10.2 Å². The minimum atomic E-state index is 0.256. The van der Waals surface area contributed by atoms with Gasteiger partial charge in [-0.2, -0.15) is 0 Å². The summed E-state index contributed by atoms with van der Waals surface area (Å²) < 4.78 is 0. The Balaban J connectivity index is 1.95. The van der Waals surface area contributed by atoms with Crippen molar-refractivity contribution in [2.45, 2.75) is 40.0 Å². The van der Waals surface area contributed by atoms with Gasteiger partial charge in [0.1, 0.15) is 0 Å². The van der Waals surface area contributed by atoms with Crippen LogP contribution in [-0.4, -0.2) is 61.8 Å². The highest BCUT2D eigenvalue weighted by atomic mass is 16.3. The third-order valence-electron chi connectivity index (χ3n) is 5.01. The molecule has 1 aliphatic rings. The van der Waals surface area contributed by atoms with Crippen LogP contribution in [0.15, 0.2) is 29.3 Å². The van der Waals surface area contributed by atoms with Crippen molar-refractivity contribution in [1.29, 1.82) is 0 Å². The number of hydrogen-bond acceptors (Lipinski definition) is 3. The van der Waals surface area contributed by atoms with Crippen molar-refractivity contribution in [2.75, 3.05) is 50.8 Å². The molecule has 1 aliphatic heterocycles. The number of aliphatic hydroxyl groups excluding tert-OH is 1. The quantitative estimate of drug-likeness (QED) is 0.553. The average molecular weight is 361 g/mol. The monoisotopic (exact) mass is 360 g/mol. The Bertz CT molecular complexity index is 547. The van der Waals surface area contributed by atoms with Gasteiger partial charge in [-0.3, -0.25) is 4.99 Å². The number of aryl methyl sites for hydroxylation is 1. The van der Waals surface area contributed by atoms with E-state index in [9.17, 15) is 5.11 Å². The maximum atomic E-state index is 9.26. The zero-order valence-electron chi connectivity index (χ0n) is 16.7. The van der Waals surface area contributed by atoms with Crippen LogP contribution in [-0.2, 0) is 0 Å². The van der Waals surface area contributed by atoms with E-state index in [4.69, 9.17) is 4.99 Å². The molecule has 5 heteroatoms. The zero-order chi connectivity index (χ0) is 18.8. The Hall–Kier alpha value is -1.75. The lowest BCUT2D eigenvalue weighted by molar-refractivity contribution is 0.253. The summed E-state index contributed by atoms with van der Waals surface area (Å²) in [5.41, 5.74) is 2.63. The number of piperazine rings is 1. The Morgan fingerprint density at radius 2 is 1.96 bits per heavy atom. The molecule has 1 unspecified atom stereocenters. The lowest BCUT2D eigenvalue weighted by Gasteiger charge is -2.38. The molecular weight excluding hydrogens is 324 g/mol. The second kappa shape index (κ2) is 11.1. The third-order valence-corrected chi connectivity index (χ3v) is 5.01. The Morgan fingerprint density at radius 1 is 1.19 bits per heavy atom. The van der Waals surface area contributed by atoms with Gasteiger partial charge in [0.2, 0.25) is 0 Å². The van der Waals surface area contributed by atoms with E-state index in [0.29, 0.717) is 5.92 Å². The first-order valence-corrected chi connectivity index (χ1v) is 10.1. The molecule has 146 valence electrons. The number of guanidine groups is 1. The highest BCUT2D eigenvalue weighted by Crippen LogP contribution is 2.18. The lowest BCUT2D eigenvalue weighted by atomic mass is 10.0. The summed E-state index contributed by atoms with van der Waals surface area (Å²) in [5.74, 6) is 1.50. The van der Waals surface area contributed by atoms with E-state index in [0.717, 1.165) is 64.5 Å². The van der Waals surface area contributed by atoms with Crippen molar-refractivity contribution in [1.82, 2.24) is 10.2 Å². The van der Waals surface area contributed by atoms with Crippen LogP contribution in [0.2, 0.25) is 0 Å². The minimum absolute atomic E-state index is 0.256. The minimum Gasteiger partial charge on any atom is -0.396 e. The van der Waals surface area contributed by atoms with Crippen molar-refractivity contribution in [2.24, 2.45) is 10.9 Å². The first-order valence-electron chi connectivity index (χ1n) is 10.1. The molecule has 0 aliphatic carbocycles. The van der Waals surface area contributed by atoms with Crippen LogP contribution in [0.1, 0.15) is 38.7 Å². The molecule has 1 atom stereocenters. The molecule has 2 rings (SSSR count). The molecular formula is C21H36N4O. The highest BCUT2D eigenvalue weighted by Gasteiger charge is 2.20. The Morgan fingerprint density at radius 3 is 2.58 bits per heavy atom. The van der Waals surface area contributed by atoms with Crippen LogP contribution in [0, 0.1) is 12.8 Å². The van der Waals surface area contributed by atoms with Gasteiger partial charge in [0.25, 0.3) is 0 Å². The van der Waals surface area contributed by atoms with Crippen molar-refractivity contribution < 1.29 is 5.11 Å². The molecule has 1 fully saturated rings. The molecule has 26 heavy (non-hydrogen) atoms. The fourth-order valence-electron chi connectivity index (χ4n) is 3.56. The predicted molar refractivity (Wildman–Crippen MR) is 111 cm³/mol. The maximum absolute atomic E-state index is 9.26. The van der Waals surface area contributed by atoms with Gasteiger partial charge in [-0.05, 0) is 50.3 Å². The number of aliphatic hydroxyl groups is 1. The highest BCUT2D eigenvalue weighted by molar-refractivity contribution is 5.80. The molecule has 1 heterocycles. The summed E-state index contributed by atoms with van der Waals surface area (Å²) in [5, 5.41) is 12.7. The lowest BCUT2D eigenvalue weighted by Crippen LogP contribution is -2.52. The fraction of sp³-hybridized carbons (Fsp3) is 0.667. The number of nitrogens with zero attached hydrogens (tertiary/aromatic N) is 3. The largest absolute Gasteiger partial charge is 0.396 e. The molecule has 0 saturated carbocycles. The number of aliphatic imine (C=N–C) groups is 1. The van der Waals surface area contributed by atoms with Crippen LogP contribution in [0.4, 0.5) is 5.69 Å². The van der Waals surface area contributed by atoms with E-state index < -0.39 is 0 Å². The Kier molecular flexibility index (Phi) is 8.75. The summed E-state index contributed by atoms with van der Waals surface area (Å²) >= 11 is 0. The van der Waals surface area contributed by atoms with E-state index in [1.54, 1.807) is 0 Å². The molecule has 0 radical (unpaired) electrons. The number of nitrogens with one attached hydrogen (secondary N) is 1. The second-order valence-electron chi connectivity index (χ2n) is 7.17. The number of benzene rings is 1. The van der Waals surface area contributed by atoms with Gasteiger partial charge in [-0.15, -0.1) is 0 Å². The Labute approximate surface area is 159 Å². The molecule has 1 aromatic rings. The van der Waals surface area contributed by atoms with Gasteiger partial charge in [-0.25, -0.2) is 0 Å². The van der Waals surface area contributed by atoms with Gasteiger partial charge in [0.15, 0.2) is 5.96 Å². The summed E-state index contributed by atoms with van der Waals surface area (Å²) in [6.07, 6.45) is 3.12. The molecule has 1 saturated heterocycles. The van der Waals surface area contributed by atoms with Crippen LogP contribution in [0.25, 0.3) is 0 Å². The van der Waals surface area contributed by atoms with E-state index in [2.05, 4.69) is 60.2 Å². The van der Waals surface area contributed by atoms with Crippen molar-refractivity contribution in [3.05, 3.63) is 29.8 Å². The van der Waals surface area contributed by atoms with Gasteiger partial charge >= 0.3 is 0 Å². The molecule has 0 amide bonds. The molecule has 1 aromatic carbocycles. The first-order chi connectivity index (χ1) is 12.7. The first kappa shape index (κ1) is 20.6. The summed E-state index contributed by atoms with van der Waals surface area (Å²) in [6.45, 7) is 12.4. The molecule has 2 N–H and O–H groups in total. The van der Waals surface area contributed by atoms with Crippen LogP contribution in [0.5, 0.6) is 0 Å². The molecule has 0 spiro atoms. The SMILES string of the molecule is CCCC(CCO)CN=C(NCC)N1CCN(c2cccc(C)c2)CC1. The predicted octanol–water partition coefficient (Wildman–Crippen LogP) is 2.88. The summed E-state index contributed by atoms with van der Waals surface area (Å²) in [6, 6.07) is 8.75. The van der Waals surface area contributed by atoms with Gasteiger partial charge in [0.05, 0.1) is 0 Å². The smallest absolute Gasteiger partial charge is 0.194 e. The number of anilines is 1. The van der Waals surface area contributed by atoms with E-state index in [1.165, 1.54) is 11.3 Å². The van der Waals surface area contributed by atoms with Gasteiger partial charge in [-0.1, -0.05) is 25.5 Å². The number of rotatable bonds is 8. The van der Waals surface area contributed by atoms with Crippen molar-refractivity contribution in [3.8, 4) is 0 Å². The fourth-order valence-corrected chi connectivity index (χ4v) is 3.56. The third kappa shape index (κ3) is 6.20. The van der Waals surface area contributed by atoms with Gasteiger partial charge in [0, 0.05) is 51.6 Å². The van der Waals surface area contributed by atoms with E-state index in [1.807, 2.05) is 0 Å². The van der Waals surface area contributed by atoms with Crippen molar-refractivity contribution in [3.63, 3.8) is 0 Å². The second-order valence-corrected chi connectivity index (χ2v) is 7.17. The molecule has 5 nitrogen and oxygen atoms in total. The topological polar surface area (TPSA) is 51.1 Å². The average Bonchev–Trinajstić information content (AvgIpc) is 2.65. The van der Waals surface area contributed by atoms with E-state index in [-0.39, 0.29) is 6.61 Å². The van der Waals surface area contributed by atoms with Crippen LogP contribution >= 0.6 is 0 Å². The molecule has 0 bridgehead atoms. The van der Waals surface area contributed by atoms with E-state index >= 15 is 0 Å². The molecule has 0 aromatic heterocycles. The van der Waals surface area contributed by atoms with Crippen LogP contribution in [0.3, 0.4) is 0 Å². The maximum Gasteiger partial charge on any atom is 0.194 e. The van der Waals surface area contributed by atoms with Crippen molar-refractivity contribution >= 4 is 11.6 Å². The number of hydrogen-bond donors (Lipinski definition) is 2. The standard InChI is InChI=1S/C21H36N4O/c1-4-7-19(10-15-26)17-23-21(22-5-2)25-13-11-24(12-14-25)20-9-6-8-18(3)16-20/h6,8-9,16,19,26H,4-5,7,10-15,17H2,1-3H3,(H,22,23). The zero-order valence-corrected chi connectivity index (χ0v) is 16.7. The summed E-state index contributed by atoms with van der Waals surface area (Å²) in [4.78, 5) is 9.72. The normalized spacial score (nSPS) is 16.7.